The number of carbonyl (C=O) groups excluding carboxylic acids is 1. The lowest BCUT2D eigenvalue weighted by molar-refractivity contribution is -0.137. The molecule has 0 saturated carbocycles. The minimum absolute atomic E-state index is 0.231. The summed E-state index contributed by atoms with van der Waals surface area (Å²) in [4.78, 5) is 21.1. The fourth-order valence-electron chi connectivity index (χ4n) is 5.50. The van der Waals surface area contributed by atoms with Crippen LogP contribution in [0.15, 0.2) is 66.9 Å². The molecule has 210 valence electrons. The van der Waals surface area contributed by atoms with Gasteiger partial charge in [-0.3, -0.25) is 9.80 Å². The molecule has 0 bridgehead atoms. The number of benzene rings is 2. The van der Waals surface area contributed by atoms with Crippen LogP contribution in [0.4, 0.5) is 23.7 Å². The molecule has 0 atom stereocenters. The number of methoxy groups -OCH3 is 1. The van der Waals surface area contributed by atoms with Gasteiger partial charge in [0.1, 0.15) is 10.9 Å². The molecule has 0 unspecified atom stereocenters. The standard InChI is InChI=1S/C30H30ClF3N4O2/c1-40-24-7-4-21(5-8-24)3-2-14-37-15-11-29(12-16-37)20-38(26-9-6-23(18-25(26)29)30(32,33)34)28(39)36-19-22-10-13-35-27(31)17-22/h2-10,13,17-18H,11-12,14-16,19-20H2,1H3,(H,36,39). The predicted octanol–water partition coefficient (Wildman–Crippen LogP) is 6.54. The molecule has 40 heavy (non-hydrogen) atoms. The Hall–Kier alpha value is -3.56. The highest BCUT2D eigenvalue weighted by Crippen LogP contribution is 2.48. The first-order chi connectivity index (χ1) is 19.2. The van der Waals surface area contributed by atoms with Crippen molar-refractivity contribution in [2.75, 3.05) is 38.2 Å². The van der Waals surface area contributed by atoms with Crippen molar-refractivity contribution in [2.24, 2.45) is 0 Å². The monoisotopic (exact) mass is 570 g/mol. The fraction of sp³-hybridized carbons (Fsp3) is 0.333. The van der Waals surface area contributed by atoms with Crippen molar-refractivity contribution in [3.63, 3.8) is 0 Å². The van der Waals surface area contributed by atoms with Crippen LogP contribution in [-0.4, -0.2) is 49.2 Å². The Kier molecular flexibility index (Phi) is 8.05. The number of nitrogens with zero attached hydrogens (tertiary/aromatic N) is 3. The maximum Gasteiger partial charge on any atom is 0.416 e. The van der Waals surface area contributed by atoms with Crippen LogP contribution in [0.1, 0.15) is 35.1 Å². The highest BCUT2D eigenvalue weighted by atomic mass is 35.5. The largest absolute Gasteiger partial charge is 0.497 e. The second-order valence-electron chi connectivity index (χ2n) is 10.2. The predicted molar refractivity (Wildman–Crippen MR) is 150 cm³/mol. The average Bonchev–Trinajstić information content (AvgIpc) is 3.26. The van der Waals surface area contributed by atoms with Crippen molar-refractivity contribution in [1.29, 1.82) is 0 Å². The first kappa shape index (κ1) is 28.0. The van der Waals surface area contributed by atoms with Crippen molar-refractivity contribution in [3.8, 4) is 5.75 Å². The second-order valence-corrected chi connectivity index (χ2v) is 10.6. The Morgan fingerprint density at radius 2 is 1.88 bits per heavy atom. The van der Waals surface area contributed by atoms with Gasteiger partial charge in [-0.05, 0) is 85.1 Å². The van der Waals surface area contributed by atoms with Crippen molar-refractivity contribution in [1.82, 2.24) is 15.2 Å². The number of hydrogen-bond donors (Lipinski definition) is 1. The van der Waals surface area contributed by atoms with Crippen LogP contribution in [0, 0.1) is 0 Å². The van der Waals surface area contributed by atoms with Gasteiger partial charge in [0.15, 0.2) is 0 Å². The number of piperidine rings is 1. The smallest absolute Gasteiger partial charge is 0.416 e. The van der Waals surface area contributed by atoms with Gasteiger partial charge in [0.05, 0.1) is 12.7 Å². The number of nitrogens with one attached hydrogen (secondary N) is 1. The number of halogens is 4. The molecule has 10 heteroatoms. The van der Waals surface area contributed by atoms with Crippen LogP contribution in [0.25, 0.3) is 6.08 Å². The van der Waals surface area contributed by atoms with Crippen molar-refractivity contribution < 1.29 is 22.7 Å². The van der Waals surface area contributed by atoms with E-state index in [1.807, 2.05) is 30.3 Å². The summed E-state index contributed by atoms with van der Waals surface area (Å²) in [5.41, 5.74) is 1.75. The SMILES string of the molecule is COc1ccc(C=CCN2CCC3(CC2)CN(C(=O)NCc2ccnc(Cl)c2)c2ccc(C(F)(F)F)cc23)cc1. The summed E-state index contributed by atoms with van der Waals surface area (Å²) in [7, 11) is 1.63. The first-order valence-corrected chi connectivity index (χ1v) is 13.5. The summed E-state index contributed by atoms with van der Waals surface area (Å²) in [5, 5.41) is 3.21. The Morgan fingerprint density at radius 1 is 1.12 bits per heavy atom. The van der Waals surface area contributed by atoms with Gasteiger partial charge in [0, 0.05) is 36.9 Å². The van der Waals surface area contributed by atoms with E-state index in [0.717, 1.165) is 29.5 Å². The molecule has 2 aliphatic heterocycles. The Morgan fingerprint density at radius 3 is 2.55 bits per heavy atom. The highest BCUT2D eigenvalue weighted by Gasteiger charge is 2.47. The van der Waals surface area contributed by atoms with E-state index in [4.69, 9.17) is 16.3 Å². The minimum Gasteiger partial charge on any atom is -0.497 e. The summed E-state index contributed by atoms with van der Waals surface area (Å²) in [5.74, 6) is 0.800. The number of urea groups is 1. The van der Waals surface area contributed by atoms with Crippen LogP contribution < -0.4 is 15.0 Å². The van der Waals surface area contributed by atoms with Crippen LogP contribution in [0.2, 0.25) is 5.15 Å². The molecule has 5 rings (SSSR count). The molecule has 3 aromatic rings. The van der Waals surface area contributed by atoms with Crippen molar-refractivity contribution in [2.45, 2.75) is 31.0 Å². The maximum absolute atomic E-state index is 13.7. The number of hydrogen-bond acceptors (Lipinski definition) is 4. The van der Waals surface area contributed by atoms with Crippen molar-refractivity contribution in [3.05, 3.63) is 94.3 Å². The Bertz CT molecular complexity index is 1390. The summed E-state index contributed by atoms with van der Waals surface area (Å²) in [6.45, 7) is 2.73. The molecule has 0 aliphatic carbocycles. The molecule has 1 saturated heterocycles. The van der Waals surface area contributed by atoms with Gasteiger partial charge in [-0.2, -0.15) is 13.2 Å². The molecule has 2 amide bonds. The topological polar surface area (TPSA) is 57.7 Å². The Balaban J connectivity index is 1.29. The molecule has 1 N–H and O–H groups in total. The first-order valence-electron chi connectivity index (χ1n) is 13.1. The van der Waals surface area contributed by atoms with Gasteiger partial charge in [-0.15, -0.1) is 0 Å². The van der Waals surface area contributed by atoms with E-state index >= 15 is 0 Å². The quantitative estimate of drug-likeness (QED) is 0.342. The third kappa shape index (κ3) is 6.10. The average molecular weight is 571 g/mol. The molecule has 3 heterocycles. The summed E-state index contributed by atoms with van der Waals surface area (Å²) in [6.07, 6.45) is 2.55. The van der Waals surface area contributed by atoms with Gasteiger partial charge in [-0.1, -0.05) is 35.9 Å². The van der Waals surface area contributed by atoms with E-state index in [1.54, 1.807) is 30.3 Å². The number of likely N-dealkylation sites (tertiary alicyclic amines) is 1. The number of fused-ring (bicyclic) bond motifs is 2. The fourth-order valence-corrected chi connectivity index (χ4v) is 5.69. The zero-order valence-corrected chi connectivity index (χ0v) is 22.8. The molecule has 0 radical (unpaired) electrons. The van der Waals surface area contributed by atoms with Crippen molar-refractivity contribution >= 4 is 29.4 Å². The third-order valence-electron chi connectivity index (χ3n) is 7.73. The van der Waals surface area contributed by atoms with Crippen LogP contribution in [0.3, 0.4) is 0 Å². The third-order valence-corrected chi connectivity index (χ3v) is 7.94. The number of pyridine rings is 1. The summed E-state index contributed by atoms with van der Waals surface area (Å²) >= 11 is 5.95. The summed E-state index contributed by atoms with van der Waals surface area (Å²) < 4.78 is 46.2. The van der Waals surface area contributed by atoms with Gasteiger partial charge >= 0.3 is 12.2 Å². The molecular weight excluding hydrogens is 541 g/mol. The van der Waals surface area contributed by atoms with E-state index in [-0.39, 0.29) is 12.6 Å². The molecule has 1 fully saturated rings. The Labute approximate surface area is 236 Å². The number of amides is 2. The van der Waals surface area contributed by atoms with E-state index < -0.39 is 17.2 Å². The number of ether oxygens (including phenoxy) is 1. The van der Waals surface area contributed by atoms with Gasteiger partial charge in [0.2, 0.25) is 0 Å². The highest BCUT2D eigenvalue weighted by molar-refractivity contribution is 6.29. The van der Waals surface area contributed by atoms with Gasteiger partial charge < -0.3 is 10.1 Å². The number of alkyl halides is 3. The van der Waals surface area contributed by atoms with E-state index in [0.29, 0.717) is 48.9 Å². The minimum atomic E-state index is -4.46. The normalized spacial score (nSPS) is 16.9. The lowest BCUT2D eigenvalue weighted by Gasteiger charge is -2.39. The molecule has 1 spiro atoms. The van der Waals surface area contributed by atoms with Crippen LogP contribution in [-0.2, 0) is 18.1 Å². The van der Waals surface area contributed by atoms with Gasteiger partial charge in [-0.25, -0.2) is 9.78 Å². The number of anilines is 1. The van der Waals surface area contributed by atoms with E-state index in [1.165, 1.54) is 12.1 Å². The number of carbonyl (C=O) groups is 1. The molecule has 2 aliphatic rings. The number of rotatable bonds is 6. The lowest BCUT2D eigenvalue weighted by atomic mass is 9.74. The molecular formula is C30H30ClF3N4O2. The lowest BCUT2D eigenvalue weighted by Crippen LogP contribution is -2.47. The second kappa shape index (κ2) is 11.5. The number of aromatic nitrogens is 1. The maximum atomic E-state index is 13.7. The van der Waals surface area contributed by atoms with Gasteiger partial charge in [0.25, 0.3) is 0 Å². The zero-order valence-electron chi connectivity index (χ0n) is 22.0. The molecule has 1 aromatic heterocycles. The summed E-state index contributed by atoms with van der Waals surface area (Å²) in [6, 6.07) is 14.6. The van der Waals surface area contributed by atoms with E-state index in [9.17, 15) is 18.0 Å². The molecule has 2 aromatic carbocycles. The van der Waals surface area contributed by atoms with Crippen LogP contribution >= 0.6 is 11.6 Å². The molecule has 6 nitrogen and oxygen atoms in total. The van der Waals surface area contributed by atoms with Crippen LogP contribution in [0.5, 0.6) is 5.75 Å². The zero-order chi connectivity index (χ0) is 28.3. The van der Waals surface area contributed by atoms with E-state index in [2.05, 4.69) is 21.3 Å².